The van der Waals surface area contributed by atoms with Crippen LogP contribution in [0.2, 0.25) is 0 Å². The number of carbonyl (C=O) groups excluding carboxylic acids is 2. The number of para-hydroxylation sites is 1. The highest BCUT2D eigenvalue weighted by Crippen LogP contribution is 2.37. The average Bonchev–Trinajstić information content (AvgIpc) is 3.06. The number of ether oxygens (including phenoxy) is 1. The molecule has 0 saturated heterocycles. The fourth-order valence-electron chi connectivity index (χ4n) is 3.70. The van der Waals surface area contributed by atoms with E-state index in [0.717, 1.165) is 17.0 Å². The molecule has 1 aliphatic heterocycles. The van der Waals surface area contributed by atoms with Crippen LogP contribution in [0.5, 0.6) is 5.75 Å². The number of anilines is 2. The zero-order valence-electron chi connectivity index (χ0n) is 18.4. The topological polar surface area (TPSA) is 49.9 Å². The summed E-state index contributed by atoms with van der Waals surface area (Å²) in [5, 5.41) is 0. The van der Waals surface area contributed by atoms with Gasteiger partial charge in [-0.25, -0.2) is 13.7 Å². The van der Waals surface area contributed by atoms with Gasteiger partial charge in [0.15, 0.2) is 11.6 Å². The van der Waals surface area contributed by atoms with E-state index in [1.165, 1.54) is 6.07 Å². The number of hydrogen-bond acceptors (Lipinski definition) is 4. The number of imide groups is 1. The smallest absolute Gasteiger partial charge is 0.282 e. The van der Waals surface area contributed by atoms with E-state index >= 15 is 0 Å². The molecule has 7 heteroatoms. The predicted molar refractivity (Wildman–Crippen MR) is 123 cm³/mol. The first-order chi connectivity index (χ1) is 15.8. The van der Waals surface area contributed by atoms with Crippen molar-refractivity contribution in [2.75, 3.05) is 16.8 Å². The molecule has 0 N–H and O–H groups in total. The molecule has 0 aromatic heterocycles. The third kappa shape index (κ3) is 4.22. The minimum atomic E-state index is -1.14. The van der Waals surface area contributed by atoms with Gasteiger partial charge in [-0.2, -0.15) is 0 Å². The maximum absolute atomic E-state index is 13.9. The minimum absolute atomic E-state index is 0.0200. The minimum Gasteiger partial charge on any atom is -0.491 e. The zero-order valence-corrected chi connectivity index (χ0v) is 18.4. The molecule has 0 spiro atoms. The van der Waals surface area contributed by atoms with Crippen LogP contribution in [0, 0.1) is 11.6 Å². The van der Waals surface area contributed by atoms with Gasteiger partial charge in [-0.05, 0) is 55.8 Å². The Morgan fingerprint density at radius 2 is 1.52 bits per heavy atom. The Balaban J connectivity index is 1.83. The van der Waals surface area contributed by atoms with Gasteiger partial charge in [0.05, 0.1) is 17.4 Å². The number of nitrogens with zero attached hydrogens (tertiary/aromatic N) is 2. The molecule has 5 nitrogen and oxygen atoms in total. The Kier molecular flexibility index (Phi) is 5.96. The van der Waals surface area contributed by atoms with Gasteiger partial charge >= 0.3 is 0 Å². The van der Waals surface area contributed by atoms with Crippen LogP contribution in [0.3, 0.4) is 0 Å². The van der Waals surface area contributed by atoms with E-state index in [-0.39, 0.29) is 23.1 Å². The molecule has 2 amide bonds. The van der Waals surface area contributed by atoms with Crippen molar-refractivity contribution in [1.29, 1.82) is 0 Å². The summed E-state index contributed by atoms with van der Waals surface area (Å²) in [5.41, 5.74) is 1.45. The van der Waals surface area contributed by atoms with Gasteiger partial charge in [-0.3, -0.25) is 9.59 Å². The third-order valence-corrected chi connectivity index (χ3v) is 5.21. The number of hydrogen-bond donors (Lipinski definition) is 0. The van der Waals surface area contributed by atoms with E-state index in [0.29, 0.717) is 17.0 Å². The zero-order chi connectivity index (χ0) is 23.7. The Bertz CT molecular complexity index is 1240. The lowest BCUT2D eigenvalue weighted by molar-refractivity contribution is -0.120. The molecule has 3 aromatic carbocycles. The lowest BCUT2D eigenvalue weighted by Gasteiger charge is -2.21. The highest BCUT2D eigenvalue weighted by Gasteiger charge is 2.42. The van der Waals surface area contributed by atoms with Crippen LogP contribution in [0.15, 0.2) is 78.5 Å². The van der Waals surface area contributed by atoms with Crippen LogP contribution in [-0.4, -0.2) is 25.0 Å². The molecule has 0 atom stereocenters. The SMILES string of the molecule is CC(C)Oc1ccc(C2=C(N(C)c3ccccc3)C(=O)N(c3ccc(F)c(F)c3)C2=O)cc1. The van der Waals surface area contributed by atoms with Gasteiger partial charge in [0, 0.05) is 18.8 Å². The monoisotopic (exact) mass is 448 g/mol. The van der Waals surface area contributed by atoms with E-state index in [2.05, 4.69) is 0 Å². The summed E-state index contributed by atoms with van der Waals surface area (Å²) < 4.78 is 33.1. The molecule has 0 radical (unpaired) electrons. The first kappa shape index (κ1) is 22.2. The van der Waals surface area contributed by atoms with Crippen molar-refractivity contribution in [3.05, 3.63) is 95.7 Å². The largest absolute Gasteiger partial charge is 0.491 e. The average molecular weight is 448 g/mol. The standard InChI is InChI=1S/C26H22F2N2O3/c1-16(2)33-20-12-9-17(10-13-20)23-24(29(3)18-7-5-4-6-8-18)26(32)30(25(23)31)19-11-14-21(27)22(28)15-19/h4-16H,1-3H3. The van der Waals surface area contributed by atoms with Crippen molar-refractivity contribution in [3.8, 4) is 5.75 Å². The second-order valence-electron chi connectivity index (χ2n) is 7.85. The number of benzene rings is 3. The Hall–Kier alpha value is -4.00. The molecule has 3 aromatic rings. The highest BCUT2D eigenvalue weighted by molar-refractivity contribution is 6.46. The van der Waals surface area contributed by atoms with E-state index in [4.69, 9.17) is 4.74 Å². The van der Waals surface area contributed by atoms with E-state index in [1.54, 1.807) is 36.2 Å². The van der Waals surface area contributed by atoms with Crippen molar-refractivity contribution in [3.63, 3.8) is 0 Å². The summed E-state index contributed by atoms with van der Waals surface area (Å²) in [6.07, 6.45) is -0.0200. The van der Waals surface area contributed by atoms with Crippen LogP contribution in [0.1, 0.15) is 19.4 Å². The lowest BCUT2D eigenvalue weighted by atomic mass is 10.0. The van der Waals surface area contributed by atoms with E-state index in [9.17, 15) is 18.4 Å². The van der Waals surface area contributed by atoms with Crippen molar-refractivity contribution in [2.45, 2.75) is 20.0 Å². The maximum atomic E-state index is 13.9. The molecule has 4 rings (SSSR count). The summed E-state index contributed by atoms with van der Waals surface area (Å²) in [4.78, 5) is 29.5. The van der Waals surface area contributed by atoms with Crippen molar-refractivity contribution in [2.24, 2.45) is 0 Å². The van der Waals surface area contributed by atoms with Crippen LogP contribution >= 0.6 is 0 Å². The summed E-state index contributed by atoms with van der Waals surface area (Å²) in [6.45, 7) is 3.81. The fraction of sp³-hybridized carbons (Fsp3) is 0.154. The summed E-state index contributed by atoms with van der Waals surface area (Å²) in [5.74, 6) is -2.83. The number of halogens is 2. The second-order valence-corrected chi connectivity index (χ2v) is 7.85. The molecule has 0 aliphatic carbocycles. The van der Waals surface area contributed by atoms with Gasteiger partial charge in [-0.1, -0.05) is 30.3 Å². The first-order valence-electron chi connectivity index (χ1n) is 10.4. The molecule has 168 valence electrons. The maximum Gasteiger partial charge on any atom is 0.282 e. The third-order valence-electron chi connectivity index (χ3n) is 5.21. The van der Waals surface area contributed by atoms with Gasteiger partial charge in [0.1, 0.15) is 11.4 Å². The van der Waals surface area contributed by atoms with Crippen LogP contribution < -0.4 is 14.5 Å². The number of carbonyl (C=O) groups is 2. The molecule has 0 saturated carbocycles. The molecule has 0 fully saturated rings. The lowest BCUT2D eigenvalue weighted by Crippen LogP contribution is -2.34. The fourth-order valence-corrected chi connectivity index (χ4v) is 3.70. The molecular formula is C26H22F2N2O3. The summed E-state index contributed by atoms with van der Waals surface area (Å²) in [7, 11) is 1.68. The Labute approximate surface area is 190 Å². The van der Waals surface area contributed by atoms with Gasteiger partial charge < -0.3 is 9.64 Å². The van der Waals surface area contributed by atoms with Gasteiger partial charge in [0.2, 0.25) is 0 Å². The van der Waals surface area contributed by atoms with Crippen molar-refractivity contribution >= 4 is 28.8 Å². The number of amides is 2. The van der Waals surface area contributed by atoms with Crippen LogP contribution in [-0.2, 0) is 9.59 Å². The highest BCUT2D eigenvalue weighted by atomic mass is 19.2. The quantitative estimate of drug-likeness (QED) is 0.488. The molecular weight excluding hydrogens is 426 g/mol. The van der Waals surface area contributed by atoms with Gasteiger partial charge in [-0.15, -0.1) is 0 Å². The normalized spacial score (nSPS) is 13.8. The second kappa shape index (κ2) is 8.86. The Morgan fingerprint density at radius 3 is 2.12 bits per heavy atom. The molecule has 1 heterocycles. The number of rotatable bonds is 6. The molecule has 1 aliphatic rings. The summed E-state index contributed by atoms with van der Waals surface area (Å²) in [6, 6.07) is 18.9. The van der Waals surface area contributed by atoms with Crippen LogP contribution in [0.25, 0.3) is 5.57 Å². The van der Waals surface area contributed by atoms with Gasteiger partial charge in [0.25, 0.3) is 11.8 Å². The molecule has 33 heavy (non-hydrogen) atoms. The van der Waals surface area contributed by atoms with E-state index in [1.807, 2.05) is 44.2 Å². The Morgan fingerprint density at radius 1 is 0.848 bits per heavy atom. The van der Waals surface area contributed by atoms with E-state index < -0.39 is 23.4 Å². The van der Waals surface area contributed by atoms with Crippen molar-refractivity contribution < 1.29 is 23.1 Å². The van der Waals surface area contributed by atoms with Crippen molar-refractivity contribution in [1.82, 2.24) is 0 Å². The molecule has 0 bridgehead atoms. The van der Waals surface area contributed by atoms with Crippen LogP contribution in [0.4, 0.5) is 20.2 Å². The molecule has 0 unspecified atom stereocenters. The number of likely N-dealkylation sites (N-methyl/N-ethyl adjacent to an activating group) is 1. The summed E-state index contributed by atoms with van der Waals surface area (Å²) >= 11 is 0. The first-order valence-corrected chi connectivity index (χ1v) is 10.4. The predicted octanol–water partition coefficient (Wildman–Crippen LogP) is 5.17.